The number of para-hydroxylation sites is 1. The van der Waals surface area contributed by atoms with E-state index in [0.717, 1.165) is 31.6 Å². The van der Waals surface area contributed by atoms with Gasteiger partial charge in [0, 0.05) is 48.6 Å². The van der Waals surface area contributed by atoms with Gasteiger partial charge in [0.2, 0.25) is 11.9 Å². The molecular weight excluding hydrogens is 576 g/mol. The van der Waals surface area contributed by atoms with E-state index in [4.69, 9.17) is 0 Å². The summed E-state index contributed by atoms with van der Waals surface area (Å²) in [5.74, 6) is -1.94. The molecule has 3 heterocycles. The van der Waals surface area contributed by atoms with Crippen LogP contribution in [0.5, 0.6) is 0 Å². The van der Waals surface area contributed by atoms with Gasteiger partial charge in [-0.1, -0.05) is 25.1 Å². The Balaban J connectivity index is 1.42. The van der Waals surface area contributed by atoms with Crippen molar-refractivity contribution in [3.63, 3.8) is 0 Å². The molecule has 10 nitrogen and oxygen atoms in total. The predicted molar refractivity (Wildman–Crippen MR) is 163 cm³/mol. The topological polar surface area (TPSA) is 123 Å². The van der Waals surface area contributed by atoms with Gasteiger partial charge < -0.3 is 15.6 Å². The molecule has 228 valence electrons. The number of hydrogen-bond acceptors (Lipinski definition) is 8. The Morgan fingerprint density at radius 3 is 2.47 bits per heavy atom. The highest BCUT2D eigenvalue weighted by Gasteiger charge is 2.33. The molecule has 1 aliphatic rings. The number of carbonyl (C=O) groups excluding carboxylic acids is 1. The van der Waals surface area contributed by atoms with Crippen LogP contribution in [0, 0.1) is 11.6 Å². The SMILES string of the molecule is CC[C@H](C(=O)Nc1cccc2c(-c3nc(Nc4cccc(S(C)(=O)=O)c4F)ncc3F)c[nH]c12)N1C[C@H](C)N(C)[C@@H](C)C1. The average molecular weight is 612 g/mol. The number of rotatable bonds is 8. The number of likely N-dealkylation sites (N-methyl/N-ethyl adjacent to an activating group) is 1. The van der Waals surface area contributed by atoms with Crippen molar-refractivity contribution in [2.45, 2.75) is 50.2 Å². The highest BCUT2D eigenvalue weighted by molar-refractivity contribution is 7.90. The zero-order valence-corrected chi connectivity index (χ0v) is 25.5. The van der Waals surface area contributed by atoms with Crippen LogP contribution >= 0.6 is 0 Å². The third kappa shape index (κ3) is 6.10. The molecule has 2 aromatic heterocycles. The average Bonchev–Trinajstić information content (AvgIpc) is 3.38. The molecule has 0 saturated carbocycles. The summed E-state index contributed by atoms with van der Waals surface area (Å²) in [4.78, 5) is 28.9. The van der Waals surface area contributed by atoms with E-state index in [9.17, 15) is 17.6 Å². The Kier molecular flexibility index (Phi) is 8.50. The summed E-state index contributed by atoms with van der Waals surface area (Å²) in [6.07, 6.45) is 4.10. The molecule has 1 aliphatic heterocycles. The molecule has 2 aromatic carbocycles. The lowest BCUT2D eigenvalue weighted by Gasteiger charge is -2.45. The van der Waals surface area contributed by atoms with Crippen LogP contribution in [0.4, 0.5) is 26.1 Å². The molecule has 1 fully saturated rings. The number of nitrogens with zero attached hydrogens (tertiary/aromatic N) is 4. The van der Waals surface area contributed by atoms with Gasteiger partial charge in [-0.2, -0.15) is 0 Å². The fraction of sp³-hybridized carbons (Fsp3) is 0.367. The first-order chi connectivity index (χ1) is 20.4. The lowest BCUT2D eigenvalue weighted by atomic mass is 10.0. The Hall–Kier alpha value is -3.94. The maximum Gasteiger partial charge on any atom is 0.241 e. The minimum atomic E-state index is -3.81. The van der Waals surface area contributed by atoms with Crippen LogP contribution in [-0.2, 0) is 14.6 Å². The maximum absolute atomic E-state index is 15.1. The number of halogens is 2. The number of hydrogen-bond donors (Lipinski definition) is 3. The number of carbonyl (C=O) groups is 1. The second-order valence-corrected chi connectivity index (χ2v) is 13.1. The number of H-pyrrole nitrogens is 1. The van der Waals surface area contributed by atoms with Crippen molar-refractivity contribution >= 4 is 44.0 Å². The van der Waals surface area contributed by atoms with E-state index in [1.807, 2.05) is 6.92 Å². The highest BCUT2D eigenvalue weighted by atomic mass is 32.2. The molecule has 5 rings (SSSR count). The Morgan fingerprint density at radius 2 is 1.79 bits per heavy atom. The van der Waals surface area contributed by atoms with Crippen molar-refractivity contribution < 1.29 is 22.0 Å². The van der Waals surface area contributed by atoms with E-state index in [1.165, 1.54) is 12.1 Å². The first-order valence-corrected chi connectivity index (χ1v) is 15.9. The largest absolute Gasteiger partial charge is 0.359 e. The van der Waals surface area contributed by atoms with Crippen molar-refractivity contribution in [1.29, 1.82) is 0 Å². The van der Waals surface area contributed by atoms with Gasteiger partial charge in [-0.05, 0) is 45.5 Å². The predicted octanol–water partition coefficient (Wildman–Crippen LogP) is 4.79. The monoisotopic (exact) mass is 611 g/mol. The molecule has 0 bridgehead atoms. The number of nitrogens with one attached hydrogen (secondary N) is 3. The lowest BCUT2D eigenvalue weighted by molar-refractivity contribution is -0.123. The van der Waals surface area contributed by atoms with Crippen LogP contribution in [0.15, 0.2) is 53.7 Å². The fourth-order valence-electron chi connectivity index (χ4n) is 5.61. The van der Waals surface area contributed by atoms with Gasteiger partial charge in [-0.15, -0.1) is 0 Å². The van der Waals surface area contributed by atoms with Crippen molar-refractivity contribution in [2.24, 2.45) is 0 Å². The normalized spacial score (nSPS) is 19.0. The van der Waals surface area contributed by atoms with Crippen molar-refractivity contribution in [2.75, 3.05) is 37.0 Å². The Morgan fingerprint density at radius 1 is 1.12 bits per heavy atom. The van der Waals surface area contributed by atoms with Crippen LogP contribution < -0.4 is 10.6 Å². The summed E-state index contributed by atoms with van der Waals surface area (Å²) in [6.45, 7) is 7.89. The summed E-state index contributed by atoms with van der Waals surface area (Å²) in [5.41, 5.74) is 1.33. The Labute approximate surface area is 249 Å². The number of aromatic amines is 1. The van der Waals surface area contributed by atoms with E-state index >= 15 is 4.39 Å². The molecule has 3 N–H and O–H groups in total. The summed E-state index contributed by atoms with van der Waals surface area (Å²) in [6, 6.07) is 9.54. The third-order valence-electron chi connectivity index (χ3n) is 8.10. The fourth-order valence-corrected chi connectivity index (χ4v) is 6.37. The molecule has 1 saturated heterocycles. The number of fused-ring (bicyclic) bond motifs is 1. The molecule has 0 aliphatic carbocycles. The zero-order valence-electron chi connectivity index (χ0n) is 24.6. The zero-order chi connectivity index (χ0) is 31.1. The first-order valence-electron chi connectivity index (χ1n) is 14.0. The number of piperazine rings is 1. The minimum absolute atomic E-state index is 0.0567. The van der Waals surface area contributed by atoms with Gasteiger partial charge in [0.1, 0.15) is 10.6 Å². The second kappa shape index (κ2) is 12.0. The summed E-state index contributed by atoms with van der Waals surface area (Å²) < 4.78 is 53.8. The van der Waals surface area contributed by atoms with E-state index in [-0.39, 0.29) is 29.3 Å². The summed E-state index contributed by atoms with van der Waals surface area (Å²) in [7, 11) is -1.71. The highest BCUT2D eigenvalue weighted by Crippen LogP contribution is 2.34. The summed E-state index contributed by atoms with van der Waals surface area (Å²) >= 11 is 0. The van der Waals surface area contributed by atoms with Gasteiger partial charge in [0.15, 0.2) is 21.5 Å². The minimum Gasteiger partial charge on any atom is -0.359 e. The van der Waals surface area contributed by atoms with Gasteiger partial charge in [-0.25, -0.2) is 27.2 Å². The van der Waals surface area contributed by atoms with Crippen LogP contribution in [-0.4, -0.2) is 83.6 Å². The standard InChI is InChI=1S/C30H35F2N7O3S/c1-6-24(39-15-17(2)38(4)18(3)16-39)29(40)35-23-11-7-9-19-20(13-33-28(19)23)27-21(31)14-34-30(37-27)36-22-10-8-12-25(26(22)32)43(5,41)42/h7-14,17-18,24,33H,6,15-16H2,1-5H3,(H,35,40)(H,34,36,37)/t17-,18-,24+/m0/s1. The summed E-state index contributed by atoms with van der Waals surface area (Å²) in [5, 5.41) is 6.33. The third-order valence-corrected chi connectivity index (χ3v) is 9.21. The molecule has 0 spiro atoms. The number of aromatic nitrogens is 3. The molecular formula is C30H35F2N7O3S. The molecule has 0 radical (unpaired) electrons. The van der Waals surface area contributed by atoms with Gasteiger partial charge in [0.25, 0.3) is 0 Å². The van der Waals surface area contributed by atoms with Crippen LogP contribution in [0.1, 0.15) is 27.2 Å². The van der Waals surface area contributed by atoms with Crippen molar-refractivity contribution in [3.8, 4) is 11.3 Å². The quantitative estimate of drug-likeness (QED) is 0.260. The van der Waals surface area contributed by atoms with Crippen LogP contribution in [0.3, 0.4) is 0 Å². The lowest BCUT2D eigenvalue weighted by Crippen LogP contribution is -2.59. The van der Waals surface area contributed by atoms with E-state index in [2.05, 4.69) is 56.3 Å². The van der Waals surface area contributed by atoms with Gasteiger partial charge in [0.05, 0.1) is 29.1 Å². The van der Waals surface area contributed by atoms with Crippen molar-refractivity contribution in [1.82, 2.24) is 24.8 Å². The number of benzene rings is 2. The maximum atomic E-state index is 15.1. The van der Waals surface area contributed by atoms with Gasteiger partial charge in [-0.3, -0.25) is 14.6 Å². The second-order valence-electron chi connectivity index (χ2n) is 11.1. The number of sulfone groups is 1. The Bertz CT molecular complexity index is 1770. The molecule has 43 heavy (non-hydrogen) atoms. The molecule has 1 amide bonds. The first kappa shape index (κ1) is 30.5. The van der Waals surface area contributed by atoms with Crippen molar-refractivity contribution in [3.05, 3.63) is 60.4 Å². The van der Waals surface area contributed by atoms with Crippen LogP contribution in [0.25, 0.3) is 22.2 Å². The molecule has 13 heteroatoms. The number of anilines is 3. The number of amides is 1. The van der Waals surface area contributed by atoms with E-state index in [1.54, 1.807) is 24.4 Å². The molecule has 4 aromatic rings. The van der Waals surface area contributed by atoms with E-state index < -0.39 is 26.4 Å². The van der Waals surface area contributed by atoms with Gasteiger partial charge >= 0.3 is 0 Å². The van der Waals surface area contributed by atoms with E-state index in [0.29, 0.717) is 40.7 Å². The molecule has 3 atom stereocenters. The van der Waals surface area contributed by atoms with Crippen LogP contribution in [0.2, 0.25) is 0 Å². The smallest absolute Gasteiger partial charge is 0.241 e. The molecule has 0 unspecified atom stereocenters.